The number of ether oxygens (including phenoxy) is 1. The lowest BCUT2D eigenvalue weighted by Crippen LogP contribution is -2.23. The average Bonchev–Trinajstić information content (AvgIpc) is 2.35. The Balaban J connectivity index is 2.56. The third-order valence-corrected chi connectivity index (χ3v) is 2.52. The molecule has 90 valence electrons. The van der Waals surface area contributed by atoms with Gasteiger partial charge in [0, 0.05) is 11.8 Å². The molecule has 0 N–H and O–H groups in total. The monoisotopic (exact) mass is 231 g/mol. The zero-order valence-electron chi connectivity index (χ0n) is 10.4. The SMILES string of the molecule is CC(C)C(=O)C(C)COc1cccc(C#N)c1. The van der Waals surface area contributed by atoms with E-state index in [1.54, 1.807) is 24.3 Å². The van der Waals surface area contributed by atoms with Crippen LogP contribution in [0.15, 0.2) is 24.3 Å². The first-order chi connectivity index (χ1) is 8.04. The van der Waals surface area contributed by atoms with Crippen molar-refractivity contribution in [2.45, 2.75) is 20.8 Å². The lowest BCUT2D eigenvalue weighted by atomic mass is 9.98. The van der Waals surface area contributed by atoms with Crippen molar-refractivity contribution in [3.63, 3.8) is 0 Å². The molecule has 0 fully saturated rings. The Hall–Kier alpha value is -1.82. The molecule has 0 aromatic heterocycles. The van der Waals surface area contributed by atoms with Gasteiger partial charge < -0.3 is 4.74 Å². The van der Waals surface area contributed by atoms with Crippen molar-refractivity contribution in [3.05, 3.63) is 29.8 Å². The first-order valence-electron chi connectivity index (χ1n) is 5.71. The van der Waals surface area contributed by atoms with Gasteiger partial charge in [-0.1, -0.05) is 26.8 Å². The maximum absolute atomic E-state index is 11.7. The van der Waals surface area contributed by atoms with E-state index in [2.05, 4.69) is 0 Å². The molecule has 3 heteroatoms. The lowest BCUT2D eigenvalue weighted by molar-refractivity contribution is -0.126. The minimum absolute atomic E-state index is 0.0269. The molecule has 0 radical (unpaired) electrons. The molecule has 0 amide bonds. The van der Waals surface area contributed by atoms with Gasteiger partial charge in [0.05, 0.1) is 18.2 Å². The van der Waals surface area contributed by atoms with Gasteiger partial charge >= 0.3 is 0 Å². The molecule has 17 heavy (non-hydrogen) atoms. The number of nitrogens with zero attached hydrogens (tertiary/aromatic N) is 1. The molecule has 0 bridgehead atoms. The zero-order valence-corrected chi connectivity index (χ0v) is 10.4. The van der Waals surface area contributed by atoms with Gasteiger partial charge in [0.2, 0.25) is 0 Å². The van der Waals surface area contributed by atoms with Crippen LogP contribution in [0.25, 0.3) is 0 Å². The molecule has 1 unspecified atom stereocenters. The Bertz CT molecular complexity index is 432. The Morgan fingerprint density at radius 1 is 1.41 bits per heavy atom. The van der Waals surface area contributed by atoms with E-state index in [0.29, 0.717) is 17.9 Å². The fourth-order valence-corrected chi connectivity index (χ4v) is 1.53. The third kappa shape index (κ3) is 3.92. The van der Waals surface area contributed by atoms with Crippen LogP contribution in [-0.4, -0.2) is 12.4 Å². The van der Waals surface area contributed by atoms with Crippen molar-refractivity contribution in [1.82, 2.24) is 0 Å². The van der Waals surface area contributed by atoms with E-state index in [1.807, 2.05) is 26.8 Å². The van der Waals surface area contributed by atoms with E-state index in [4.69, 9.17) is 10.00 Å². The number of ketones is 1. The van der Waals surface area contributed by atoms with Crippen LogP contribution in [0.1, 0.15) is 26.3 Å². The summed E-state index contributed by atoms with van der Waals surface area (Å²) in [5, 5.41) is 8.74. The standard InChI is InChI=1S/C14H17NO2/c1-10(2)14(16)11(3)9-17-13-6-4-5-12(7-13)8-15/h4-7,10-11H,9H2,1-3H3. The molecule has 0 saturated carbocycles. The van der Waals surface area contributed by atoms with Gasteiger partial charge in [-0.3, -0.25) is 4.79 Å². The van der Waals surface area contributed by atoms with Gasteiger partial charge in [-0.15, -0.1) is 0 Å². The summed E-state index contributed by atoms with van der Waals surface area (Å²) in [5.41, 5.74) is 0.560. The summed E-state index contributed by atoms with van der Waals surface area (Å²) in [6.07, 6.45) is 0. The lowest BCUT2D eigenvalue weighted by Gasteiger charge is -2.14. The van der Waals surface area contributed by atoms with Crippen molar-refractivity contribution in [1.29, 1.82) is 5.26 Å². The van der Waals surface area contributed by atoms with Crippen LogP contribution in [0.5, 0.6) is 5.75 Å². The summed E-state index contributed by atoms with van der Waals surface area (Å²) in [5.74, 6) is 0.730. The Kier molecular flexibility index (Phi) is 4.71. The predicted molar refractivity (Wildman–Crippen MR) is 65.7 cm³/mol. The molecular weight excluding hydrogens is 214 g/mol. The van der Waals surface area contributed by atoms with Gasteiger partial charge in [0.25, 0.3) is 0 Å². The maximum Gasteiger partial charge on any atom is 0.141 e. The molecule has 3 nitrogen and oxygen atoms in total. The molecule has 0 spiro atoms. The minimum atomic E-state index is -0.124. The second-order valence-corrected chi connectivity index (χ2v) is 4.41. The van der Waals surface area contributed by atoms with Gasteiger partial charge in [0.1, 0.15) is 11.5 Å². The Labute approximate surface area is 102 Å². The molecular formula is C14H17NO2. The number of benzene rings is 1. The normalized spacial score (nSPS) is 11.9. The van der Waals surface area contributed by atoms with Gasteiger partial charge in [-0.05, 0) is 18.2 Å². The molecule has 0 aliphatic heterocycles. The summed E-state index contributed by atoms with van der Waals surface area (Å²) in [4.78, 5) is 11.7. The fraction of sp³-hybridized carbons (Fsp3) is 0.429. The molecule has 0 heterocycles. The first-order valence-corrected chi connectivity index (χ1v) is 5.71. The fourth-order valence-electron chi connectivity index (χ4n) is 1.53. The van der Waals surface area contributed by atoms with Crippen LogP contribution in [0.3, 0.4) is 0 Å². The smallest absolute Gasteiger partial charge is 0.141 e. The number of Topliss-reactive ketones (excluding diaryl/α,β-unsaturated/α-hetero) is 1. The van der Waals surface area contributed by atoms with Gasteiger partial charge in [0.15, 0.2) is 0 Å². The van der Waals surface area contributed by atoms with E-state index in [1.165, 1.54) is 0 Å². The number of hydrogen-bond donors (Lipinski definition) is 0. The molecule has 1 rings (SSSR count). The largest absolute Gasteiger partial charge is 0.493 e. The average molecular weight is 231 g/mol. The predicted octanol–water partition coefficient (Wildman–Crippen LogP) is 2.80. The summed E-state index contributed by atoms with van der Waals surface area (Å²) >= 11 is 0. The van der Waals surface area contributed by atoms with Gasteiger partial charge in [-0.2, -0.15) is 5.26 Å². The number of nitriles is 1. The van der Waals surface area contributed by atoms with Gasteiger partial charge in [-0.25, -0.2) is 0 Å². The minimum Gasteiger partial charge on any atom is -0.493 e. The highest BCUT2D eigenvalue weighted by Crippen LogP contribution is 2.15. The van der Waals surface area contributed by atoms with E-state index >= 15 is 0 Å². The van der Waals surface area contributed by atoms with Crippen LogP contribution >= 0.6 is 0 Å². The summed E-state index contributed by atoms with van der Waals surface area (Å²) < 4.78 is 5.51. The summed E-state index contributed by atoms with van der Waals surface area (Å²) in [6.45, 7) is 5.98. The van der Waals surface area contributed by atoms with Crippen molar-refractivity contribution < 1.29 is 9.53 Å². The second kappa shape index (κ2) is 6.05. The second-order valence-electron chi connectivity index (χ2n) is 4.41. The Morgan fingerprint density at radius 2 is 2.12 bits per heavy atom. The quantitative estimate of drug-likeness (QED) is 0.783. The summed E-state index contributed by atoms with van der Waals surface area (Å²) in [7, 11) is 0. The molecule has 0 aliphatic carbocycles. The number of carbonyl (C=O) groups excluding carboxylic acids is 1. The van der Waals surface area contributed by atoms with Crippen LogP contribution in [-0.2, 0) is 4.79 Å². The van der Waals surface area contributed by atoms with Crippen molar-refractivity contribution in [2.75, 3.05) is 6.61 Å². The van der Waals surface area contributed by atoms with Crippen LogP contribution < -0.4 is 4.74 Å². The number of hydrogen-bond acceptors (Lipinski definition) is 3. The summed E-state index contributed by atoms with van der Waals surface area (Å²) in [6, 6.07) is 8.99. The van der Waals surface area contributed by atoms with Crippen LogP contribution in [0.2, 0.25) is 0 Å². The maximum atomic E-state index is 11.7. The molecule has 0 saturated heterocycles. The highest BCUT2D eigenvalue weighted by Gasteiger charge is 2.16. The van der Waals surface area contributed by atoms with Crippen LogP contribution in [0, 0.1) is 23.2 Å². The van der Waals surface area contributed by atoms with Crippen molar-refractivity contribution in [3.8, 4) is 11.8 Å². The van der Waals surface area contributed by atoms with E-state index < -0.39 is 0 Å². The first kappa shape index (κ1) is 13.2. The molecule has 1 aromatic carbocycles. The molecule has 1 atom stereocenters. The highest BCUT2D eigenvalue weighted by atomic mass is 16.5. The molecule has 1 aromatic rings. The van der Waals surface area contributed by atoms with E-state index in [9.17, 15) is 4.79 Å². The third-order valence-electron chi connectivity index (χ3n) is 2.52. The van der Waals surface area contributed by atoms with Crippen molar-refractivity contribution in [2.24, 2.45) is 11.8 Å². The topological polar surface area (TPSA) is 50.1 Å². The number of rotatable bonds is 5. The molecule has 0 aliphatic rings. The number of carbonyl (C=O) groups is 1. The van der Waals surface area contributed by atoms with Crippen LogP contribution in [0.4, 0.5) is 0 Å². The van der Waals surface area contributed by atoms with E-state index in [-0.39, 0.29) is 17.6 Å². The zero-order chi connectivity index (χ0) is 12.8. The van der Waals surface area contributed by atoms with Crippen molar-refractivity contribution >= 4 is 5.78 Å². The Morgan fingerprint density at radius 3 is 2.71 bits per heavy atom. The van der Waals surface area contributed by atoms with E-state index in [0.717, 1.165) is 0 Å². The highest BCUT2D eigenvalue weighted by molar-refractivity contribution is 5.82.